The molecule has 1 N–H and O–H groups in total. The van der Waals surface area contributed by atoms with Crippen molar-refractivity contribution in [3.05, 3.63) is 41.3 Å². The van der Waals surface area contributed by atoms with Gasteiger partial charge in [0.25, 0.3) is 0 Å². The van der Waals surface area contributed by atoms with Crippen LogP contribution in [0.15, 0.2) is 24.4 Å². The van der Waals surface area contributed by atoms with Crippen molar-refractivity contribution < 1.29 is 4.79 Å². The van der Waals surface area contributed by atoms with Gasteiger partial charge in [0.05, 0.1) is 11.6 Å². The number of aromatic nitrogens is 3. The van der Waals surface area contributed by atoms with Crippen LogP contribution in [0.1, 0.15) is 36.7 Å². The molecular formula is C20H29N5O. The minimum atomic E-state index is 0.0336. The highest BCUT2D eigenvalue weighted by atomic mass is 16.1. The number of hydrogen-bond acceptors (Lipinski definition) is 4. The average molecular weight is 355 g/mol. The molecule has 0 aliphatic carbocycles. The van der Waals surface area contributed by atoms with Crippen molar-refractivity contribution in [1.29, 1.82) is 0 Å². The van der Waals surface area contributed by atoms with Gasteiger partial charge in [0, 0.05) is 38.1 Å². The van der Waals surface area contributed by atoms with Crippen LogP contribution in [0.4, 0.5) is 5.82 Å². The van der Waals surface area contributed by atoms with E-state index in [1.54, 1.807) is 6.20 Å². The number of anilines is 1. The van der Waals surface area contributed by atoms with Gasteiger partial charge in [-0.15, -0.1) is 0 Å². The van der Waals surface area contributed by atoms with Gasteiger partial charge in [0.15, 0.2) is 0 Å². The molecule has 140 valence electrons. The lowest BCUT2D eigenvalue weighted by Crippen LogP contribution is -2.43. The van der Waals surface area contributed by atoms with Gasteiger partial charge in [0.1, 0.15) is 5.82 Å². The molecule has 0 aromatic carbocycles. The van der Waals surface area contributed by atoms with E-state index in [0.717, 1.165) is 50.4 Å². The Hall–Kier alpha value is -2.37. The van der Waals surface area contributed by atoms with Gasteiger partial charge in [-0.25, -0.2) is 4.98 Å². The number of carbonyl (C=O) groups is 1. The quantitative estimate of drug-likeness (QED) is 0.865. The number of carbonyl (C=O) groups excluding carboxylic acids is 1. The number of amides is 1. The van der Waals surface area contributed by atoms with Gasteiger partial charge >= 0.3 is 0 Å². The zero-order valence-electron chi connectivity index (χ0n) is 16.0. The normalized spacial score (nSPS) is 17.3. The predicted molar refractivity (Wildman–Crippen MR) is 103 cm³/mol. The predicted octanol–water partition coefficient (Wildman–Crippen LogP) is 2.49. The summed E-state index contributed by atoms with van der Waals surface area (Å²) in [5.74, 6) is 1.15. The molecule has 1 aliphatic heterocycles. The van der Waals surface area contributed by atoms with Gasteiger partial charge in [-0.2, -0.15) is 5.10 Å². The average Bonchev–Trinajstić information content (AvgIpc) is 2.96. The third kappa shape index (κ3) is 4.06. The summed E-state index contributed by atoms with van der Waals surface area (Å²) in [5.41, 5.74) is 3.53. The number of rotatable bonds is 6. The molecule has 3 heterocycles. The first-order valence-corrected chi connectivity index (χ1v) is 9.56. The highest BCUT2D eigenvalue weighted by Gasteiger charge is 2.26. The maximum atomic E-state index is 12.6. The van der Waals surface area contributed by atoms with E-state index in [9.17, 15) is 4.79 Å². The Balaban J connectivity index is 1.53. The van der Waals surface area contributed by atoms with E-state index in [0.29, 0.717) is 6.54 Å². The van der Waals surface area contributed by atoms with E-state index in [1.165, 1.54) is 11.3 Å². The van der Waals surface area contributed by atoms with Gasteiger partial charge in [-0.3, -0.25) is 9.48 Å². The highest BCUT2D eigenvalue weighted by molar-refractivity contribution is 5.79. The number of nitrogens with zero attached hydrogens (tertiary/aromatic N) is 4. The Morgan fingerprint density at radius 1 is 1.35 bits per heavy atom. The molecule has 26 heavy (non-hydrogen) atoms. The molecule has 0 unspecified atom stereocenters. The molecule has 1 amide bonds. The summed E-state index contributed by atoms with van der Waals surface area (Å²) in [7, 11) is 0. The zero-order chi connectivity index (χ0) is 18.5. The molecule has 6 heteroatoms. The van der Waals surface area contributed by atoms with Gasteiger partial charge < -0.3 is 10.2 Å². The fourth-order valence-electron chi connectivity index (χ4n) is 3.80. The van der Waals surface area contributed by atoms with Gasteiger partial charge in [-0.1, -0.05) is 6.07 Å². The molecule has 2 aromatic rings. The summed E-state index contributed by atoms with van der Waals surface area (Å²) in [6.07, 6.45) is 4.61. The molecule has 0 bridgehead atoms. The van der Waals surface area contributed by atoms with Crippen molar-refractivity contribution in [1.82, 2.24) is 20.1 Å². The summed E-state index contributed by atoms with van der Waals surface area (Å²) in [6, 6.07) is 5.92. The summed E-state index contributed by atoms with van der Waals surface area (Å²) in [4.78, 5) is 19.2. The Kier molecular flexibility index (Phi) is 5.91. The number of piperidine rings is 1. The molecule has 1 atom stereocenters. The lowest BCUT2D eigenvalue weighted by atomic mass is 9.97. The first-order chi connectivity index (χ1) is 12.6. The van der Waals surface area contributed by atoms with Crippen LogP contribution in [-0.4, -0.2) is 40.3 Å². The summed E-state index contributed by atoms with van der Waals surface area (Å²) < 4.78 is 2.03. The molecule has 3 rings (SSSR count). The Morgan fingerprint density at radius 2 is 2.19 bits per heavy atom. The minimum absolute atomic E-state index is 0.0336. The number of aryl methyl sites for hydroxylation is 2. The van der Waals surface area contributed by atoms with Crippen LogP contribution in [0.2, 0.25) is 0 Å². The van der Waals surface area contributed by atoms with Crippen LogP contribution in [0.5, 0.6) is 0 Å². The third-order valence-corrected chi connectivity index (χ3v) is 5.27. The molecule has 0 radical (unpaired) electrons. The summed E-state index contributed by atoms with van der Waals surface area (Å²) in [6.45, 7) is 9.50. The Labute approximate surface area is 155 Å². The molecule has 1 aliphatic rings. The van der Waals surface area contributed by atoms with Crippen LogP contribution >= 0.6 is 0 Å². The van der Waals surface area contributed by atoms with Crippen molar-refractivity contribution >= 4 is 11.7 Å². The van der Waals surface area contributed by atoms with Crippen LogP contribution in [-0.2, 0) is 17.8 Å². The van der Waals surface area contributed by atoms with Gasteiger partial charge in [-0.05, 0) is 57.7 Å². The molecular weight excluding hydrogens is 326 g/mol. The van der Waals surface area contributed by atoms with Crippen molar-refractivity contribution in [3.8, 4) is 0 Å². The topological polar surface area (TPSA) is 63.1 Å². The van der Waals surface area contributed by atoms with Crippen molar-refractivity contribution in [2.75, 3.05) is 24.5 Å². The highest BCUT2D eigenvalue weighted by Crippen LogP contribution is 2.21. The zero-order valence-corrected chi connectivity index (χ0v) is 16.0. The van der Waals surface area contributed by atoms with E-state index in [4.69, 9.17) is 0 Å². The fraction of sp³-hybridized carbons (Fsp3) is 0.550. The SMILES string of the molecule is CCn1nc(C)c(CCNC(=O)[C@@H]2CCCN(c3ccccn3)C2)c1C. The number of hydrogen-bond donors (Lipinski definition) is 1. The van der Waals surface area contributed by atoms with Crippen LogP contribution in [0.3, 0.4) is 0 Å². The molecule has 0 spiro atoms. The monoisotopic (exact) mass is 355 g/mol. The second-order valence-corrected chi connectivity index (χ2v) is 6.98. The standard InChI is InChI=1S/C20H29N5O/c1-4-25-16(3)18(15(2)23-25)10-12-22-20(26)17-8-7-13-24(14-17)19-9-5-6-11-21-19/h5-6,9,11,17H,4,7-8,10,12-14H2,1-3H3,(H,22,26)/t17-/m1/s1. The van der Waals surface area contributed by atoms with Crippen LogP contribution < -0.4 is 10.2 Å². The second kappa shape index (κ2) is 8.34. The lowest BCUT2D eigenvalue weighted by Gasteiger charge is -2.32. The largest absolute Gasteiger partial charge is 0.356 e. The maximum absolute atomic E-state index is 12.6. The van der Waals surface area contributed by atoms with E-state index in [1.807, 2.05) is 29.8 Å². The molecule has 6 nitrogen and oxygen atoms in total. The first kappa shape index (κ1) is 18.4. The van der Waals surface area contributed by atoms with Crippen LogP contribution in [0, 0.1) is 19.8 Å². The molecule has 0 saturated carbocycles. The second-order valence-electron chi connectivity index (χ2n) is 6.98. The van der Waals surface area contributed by atoms with Crippen molar-refractivity contribution in [2.24, 2.45) is 5.92 Å². The van der Waals surface area contributed by atoms with E-state index >= 15 is 0 Å². The number of pyridine rings is 1. The van der Waals surface area contributed by atoms with Crippen LogP contribution in [0.25, 0.3) is 0 Å². The van der Waals surface area contributed by atoms with E-state index in [2.05, 4.69) is 34.1 Å². The molecule has 1 saturated heterocycles. The number of nitrogens with one attached hydrogen (secondary N) is 1. The summed E-state index contributed by atoms with van der Waals surface area (Å²) >= 11 is 0. The molecule has 1 fully saturated rings. The maximum Gasteiger partial charge on any atom is 0.224 e. The Morgan fingerprint density at radius 3 is 2.88 bits per heavy atom. The van der Waals surface area contributed by atoms with Crippen molar-refractivity contribution in [3.63, 3.8) is 0 Å². The smallest absolute Gasteiger partial charge is 0.224 e. The lowest BCUT2D eigenvalue weighted by molar-refractivity contribution is -0.125. The van der Waals surface area contributed by atoms with Gasteiger partial charge in [0.2, 0.25) is 5.91 Å². The van der Waals surface area contributed by atoms with E-state index in [-0.39, 0.29) is 11.8 Å². The third-order valence-electron chi connectivity index (χ3n) is 5.27. The molecule has 2 aromatic heterocycles. The minimum Gasteiger partial charge on any atom is -0.356 e. The Bertz CT molecular complexity index is 740. The fourth-order valence-corrected chi connectivity index (χ4v) is 3.80. The van der Waals surface area contributed by atoms with Crippen molar-refractivity contribution in [2.45, 2.75) is 46.6 Å². The van der Waals surface area contributed by atoms with E-state index < -0.39 is 0 Å². The first-order valence-electron chi connectivity index (χ1n) is 9.56. The summed E-state index contributed by atoms with van der Waals surface area (Å²) in [5, 5.41) is 7.68.